The van der Waals surface area contributed by atoms with Gasteiger partial charge in [-0.3, -0.25) is 0 Å². The lowest BCUT2D eigenvalue weighted by Gasteiger charge is -2.40. The summed E-state index contributed by atoms with van der Waals surface area (Å²) in [5, 5.41) is 7.51. The Balaban J connectivity index is 1.73. The Hall–Kier alpha value is -1.69. The number of imidazole rings is 1. The van der Waals surface area contributed by atoms with Gasteiger partial charge >= 0.3 is 0 Å². The number of rotatable bonds is 2. The van der Waals surface area contributed by atoms with Gasteiger partial charge in [0.05, 0.1) is 5.41 Å². The zero-order chi connectivity index (χ0) is 12.2. The van der Waals surface area contributed by atoms with Crippen LogP contribution in [0.3, 0.4) is 0 Å². The summed E-state index contributed by atoms with van der Waals surface area (Å²) in [5.74, 6) is 2.78. The van der Waals surface area contributed by atoms with Crippen molar-refractivity contribution in [2.45, 2.75) is 18.3 Å². The van der Waals surface area contributed by atoms with Crippen LogP contribution in [0.25, 0.3) is 11.6 Å². The Morgan fingerprint density at radius 1 is 1.56 bits per heavy atom. The lowest BCUT2D eigenvalue weighted by molar-refractivity contribution is 0.131. The highest BCUT2D eigenvalue weighted by molar-refractivity contribution is 5.43. The molecule has 94 valence electrons. The number of hydrogen-bond donors (Lipinski definition) is 1. The third kappa shape index (κ3) is 1.18. The number of fused-ring (bicyclic) bond motifs is 1. The third-order valence-corrected chi connectivity index (χ3v) is 4.42. The third-order valence-electron chi connectivity index (χ3n) is 4.42. The standard InChI is InChI=1S/C12H15N5O/c1-17-5-4-14-10(17)9-15-11(18-16-9)12-3-2-8(12)6-13-7-12/h4-5,8,13H,2-3,6-7H2,1H3/t8-,12-/m0/s1. The van der Waals surface area contributed by atoms with E-state index in [1.54, 1.807) is 6.20 Å². The van der Waals surface area contributed by atoms with Gasteiger partial charge in [0, 0.05) is 26.0 Å². The van der Waals surface area contributed by atoms with Crippen LogP contribution in [0.2, 0.25) is 0 Å². The number of aromatic nitrogens is 4. The average Bonchev–Trinajstić information content (AvgIpc) is 3.00. The van der Waals surface area contributed by atoms with Crippen molar-refractivity contribution >= 4 is 0 Å². The molecule has 0 spiro atoms. The first-order chi connectivity index (χ1) is 8.79. The monoisotopic (exact) mass is 245 g/mol. The zero-order valence-electron chi connectivity index (χ0n) is 10.3. The fourth-order valence-electron chi connectivity index (χ4n) is 3.15. The Labute approximate surface area is 104 Å². The van der Waals surface area contributed by atoms with Crippen LogP contribution in [0.15, 0.2) is 16.9 Å². The van der Waals surface area contributed by atoms with Crippen molar-refractivity contribution in [1.29, 1.82) is 0 Å². The molecule has 1 N–H and O–H groups in total. The van der Waals surface area contributed by atoms with Crippen molar-refractivity contribution < 1.29 is 4.52 Å². The summed E-state index contributed by atoms with van der Waals surface area (Å²) in [4.78, 5) is 8.82. The van der Waals surface area contributed by atoms with E-state index in [0.717, 1.165) is 31.2 Å². The molecular formula is C12H15N5O. The second kappa shape index (κ2) is 3.41. The molecule has 6 heteroatoms. The Bertz CT molecular complexity index is 589. The first-order valence-electron chi connectivity index (χ1n) is 6.32. The molecule has 3 heterocycles. The minimum Gasteiger partial charge on any atom is -0.338 e. The highest BCUT2D eigenvalue weighted by Crippen LogP contribution is 2.50. The summed E-state index contributed by atoms with van der Waals surface area (Å²) < 4.78 is 7.40. The highest BCUT2D eigenvalue weighted by atomic mass is 16.5. The van der Waals surface area contributed by atoms with E-state index >= 15 is 0 Å². The Morgan fingerprint density at radius 2 is 2.50 bits per heavy atom. The van der Waals surface area contributed by atoms with Crippen molar-refractivity contribution in [3.8, 4) is 11.6 Å². The molecule has 2 aromatic rings. The van der Waals surface area contributed by atoms with Gasteiger partial charge in [-0.1, -0.05) is 5.16 Å². The summed E-state index contributed by atoms with van der Waals surface area (Å²) in [6.45, 7) is 2.03. The Kier molecular flexibility index (Phi) is 1.94. The molecule has 1 aliphatic heterocycles. The molecule has 0 radical (unpaired) electrons. The molecular weight excluding hydrogens is 230 g/mol. The van der Waals surface area contributed by atoms with E-state index in [1.165, 1.54) is 6.42 Å². The van der Waals surface area contributed by atoms with Crippen LogP contribution in [-0.2, 0) is 12.5 Å². The molecule has 2 fully saturated rings. The van der Waals surface area contributed by atoms with Gasteiger partial charge in [0.1, 0.15) is 0 Å². The molecule has 2 atom stereocenters. The predicted octanol–water partition coefficient (Wildman–Crippen LogP) is 0.721. The second-order valence-corrected chi connectivity index (χ2v) is 5.31. The maximum atomic E-state index is 5.50. The minimum absolute atomic E-state index is 0.0937. The topological polar surface area (TPSA) is 68.8 Å². The van der Waals surface area contributed by atoms with Crippen LogP contribution in [-0.4, -0.2) is 32.8 Å². The van der Waals surface area contributed by atoms with Crippen LogP contribution in [0.1, 0.15) is 18.7 Å². The number of aryl methyl sites for hydroxylation is 1. The van der Waals surface area contributed by atoms with Crippen molar-refractivity contribution in [3.63, 3.8) is 0 Å². The SMILES string of the molecule is Cn1ccnc1-c1noc([C@]23CC[C@H]2CNC3)n1. The van der Waals surface area contributed by atoms with Crippen LogP contribution in [0.5, 0.6) is 0 Å². The van der Waals surface area contributed by atoms with Gasteiger partial charge in [0.15, 0.2) is 5.82 Å². The van der Waals surface area contributed by atoms with Gasteiger partial charge in [-0.25, -0.2) is 4.98 Å². The molecule has 0 amide bonds. The van der Waals surface area contributed by atoms with Gasteiger partial charge in [0.2, 0.25) is 11.7 Å². The van der Waals surface area contributed by atoms with E-state index in [-0.39, 0.29) is 5.41 Å². The van der Waals surface area contributed by atoms with E-state index in [9.17, 15) is 0 Å². The molecule has 0 unspecified atom stereocenters. The molecule has 2 aliphatic rings. The molecule has 0 aromatic carbocycles. The van der Waals surface area contributed by atoms with Crippen molar-refractivity contribution in [2.24, 2.45) is 13.0 Å². The van der Waals surface area contributed by atoms with E-state index in [4.69, 9.17) is 4.52 Å². The largest absolute Gasteiger partial charge is 0.338 e. The van der Waals surface area contributed by atoms with Gasteiger partial charge in [0.25, 0.3) is 0 Å². The van der Waals surface area contributed by atoms with Crippen LogP contribution in [0.4, 0.5) is 0 Å². The van der Waals surface area contributed by atoms with Gasteiger partial charge < -0.3 is 14.4 Å². The molecule has 2 aromatic heterocycles. The van der Waals surface area contributed by atoms with Crippen molar-refractivity contribution in [3.05, 3.63) is 18.3 Å². The van der Waals surface area contributed by atoms with Crippen LogP contribution < -0.4 is 5.32 Å². The first-order valence-corrected chi connectivity index (χ1v) is 6.32. The summed E-state index contributed by atoms with van der Waals surface area (Å²) in [6, 6.07) is 0. The summed E-state index contributed by atoms with van der Waals surface area (Å²) in [6.07, 6.45) is 6.03. The zero-order valence-corrected chi connectivity index (χ0v) is 10.3. The summed E-state index contributed by atoms with van der Waals surface area (Å²) >= 11 is 0. The van der Waals surface area contributed by atoms with Gasteiger partial charge in [-0.15, -0.1) is 0 Å². The molecule has 1 saturated carbocycles. The minimum atomic E-state index is 0.0937. The molecule has 18 heavy (non-hydrogen) atoms. The van der Waals surface area contributed by atoms with Crippen molar-refractivity contribution in [2.75, 3.05) is 13.1 Å². The normalized spacial score (nSPS) is 30.2. The number of nitrogens with one attached hydrogen (secondary N) is 1. The number of hydrogen-bond acceptors (Lipinski definition) is 5. The maximum Gasteiger partial charge on any atom is 0.238 e. The summed E-state index contributed by atoms with van der Waals surface area (Å²) in [5.41, 5.74) is 0.0937. The number of nitrogens with zero attached hydrogens (tertiary/aromatic N) is 4. The second-order valence-electron chi connectivity index (χ2n) is 5.31. The average molecular weight is 245 g/mol. The van der Waals surface area contributed by atoms with E-state index < -0.39 is 0 Å². The summed E-state index contributed by atoms with van der Waals surface area (Å²) in [7, 11) is 1.93. The fraction of sp³-hybridized carbons (Fsp3) is 0.583. The fourth-order valence-corrected chi connectivity index (χ4v) is 3.15. The van der Waals surface area contributed by atoms with Crippen LogP contribution >= 0.6 is 0 Å². The lowest BCUT2D eigenvalue weighted by atomic mass is 9.62. The van der Waals surface area contributed by atoms with Gasteiger partial charge in [-0.2, -0.15) is 4.98 Å². The smallest absolute Gasteiger partial charge is 0.238 e. The molecule has 4 rings (SSSR count). The quantitative estimate of drug-likeness (QED) is 0.844. The van der Waals surface area contributed by atoms with Gasteiger partial charge in [-0.05, 0) is 25.3 Å². The van der Waals surface area contributed by atoms with Crippen LogP contribution in [0, 0.1) is 5.92 Å². The highest BCUT2D eigenvalue weighted by Gasteiger charge is 2.55. The van der Waals surface area contributed by atoms with E-state index in [2.05, 4.69) is 20.4 Å². The molecule has 1 aliphatic carbocycles. The first kappa shape index (κ1) is 10.3. The lowest BCUT2D eigenvalue weighted by Crippen LogP contribution is -2.43. The molecule has 0 bridgehead atoms. The van der Waals surface area contributed by atoms with E-state index in [1.807, 2.05) is 17.8 Å². The van der Waals surface area contributed by atoms with Crippen molar-refractivity contribution in [1.82, 2.24) is 25.0 Å². The van der Waals surface area contributed by atoms with E-state index in [0.29, 0.717) is 11.7 Å². The maximum absolute atomic E-state index is 5.50. The molecule has 6 nitrogen and oxygen atoms in total. The Morgan fingerprint density at radius 3 is 3.17 bits per heavy atom. The molecule has 1 saturated heterocycles. The predicted molar refractivity (Wildman–Crippen MR) is 63.8 cm³/mol.